The van der Waals surface area contributed by atoms with Crippen molar-refractivity contribution < 1.29 is 9.32 Å². The van der Waals surface area contributed by atoms with Gasteiger partial charge in [0.15, 0.2) is 0 Å². The van der Waals surface area contributed by atoms with Crippen LogP contribution in [0.4, 0.5) is 5.69 Å². The van der Waals surface area contributed by atoms with Crippen molar-refractivity contribution in [1.82, 2.24) is 20.4 Å². The second-order valence-corrected chi connectivity index (χ2v) is 9.82. The molecule has 3 aromatic rings. The van der Waals surface area contributed by atoms with E-state index in [1.165, 1.54) is 24.9 Å². The van der Waals surface area contributed by atoms with Gasteiger partial charge in [-0.15, -0.1) is 0 Å². The van der Waals surface area contributed by atoms with Crippen LogP contribution in [-0.2, 0) is 11.3 Å². The third kappa shape index (κ3) is 5.90. The van der Waals surface area contributed by atoms with Gasteiger partial charge in [0.1, 0.15) is 0 Å². The molecule has 2 aliphatic heterocycles. The number of hydrogen-bond donors (Lipinski definition) is 1. The molecule has 0 spiro atoms. The number of carbonyl (C=O) groups is 1. The zero-order valence-electron chi connectivity index (χ0n) is 20.5. The number of piperidine rings is 2. The Labute approximate surface area is 207 Å². The topological polar surface area (TPSA) is 74.5 Å². The molecule has 0 radical (unpaired) electrons. The largest absolute Gasteiger partial charge is 0.372 e. The second-order valence-electron chi connectivity index (χ2n) is 9.82. The first-order chi connectivity index (χ1) is 17.2. The number of hydrogen-bond acceptors (Lipinski definition) is 6. The van der Waals surface area contributed by atoms with Crippen LogP contribution in [0.15, 0.2) is 59.1 Å². The Balaban J connectivity index is 1.14. The van der Waals surface area contributed by atoms with Crippen molar-refractivity contribution in [1.29, 1.82) is 0 Å². The zero-order valence-corrected chi connectivity index (χ0v) is 20.5. The van der Waals surface area contributed by atoms with Gasteiger partial charge in [-0.3, -0.25) is 9.69 Å². The minimum Gasteiger partial charge on any atom is -0.372 e. The van der Waals surface area contributed by atoms with E-state index in [2.05, 4.69) is 56.4 Å². The van der Waals surface area contributed by atoms with Crippen LogP contribution < -0.4 is 10.2 Å². The highest BCUT2D eigenvalue weighted by atomic mass is 16.5. The lowest BCUT2D eigenvalue weighted by atomic mass is 9.96. The van der Waals surface area contributed by atoms with Crippen molar-refractivity contribution in [2.45, 2.75) is 51.6 Å². The first kappa shape index (κ1) is 23.5. The van der Waals surface area contributed by atoms with Gasteiger partial charge in [-0.05, 0) is 63.3 Å². The molecule has 2 fully saturated rings. The van der Waals surface area contributed by atoms with Crippen molar-refractivity contribution in [2.24, 2.45) is 5.92 Å². The van der Waals surface area contributed by atoms with E-state index >= 15 is 0 Å². The summed E-state index contributed by atoms with van der Waals surface area (Å²) in [4.78, 5) is 22.3. The number of aromatic nitrogens is 2. The van der Waals surface area contributed by atoms with Crippen LogP contribution in [0.25, 0.3) is 11.4 Å². The summed E-state index contributed by atoms with van der Waals surface area (Å²) < 4.78 is 5.49. The van der Waals surface area contributed by atoms with Crippen LogP contribution in [0.2, 0.25) is 0 Å². The van der Waals surface area contributed by atoms with Crippen molar-refractivity contribution in [3.8, 4) is 11.4 Å². The summed E-state index contributed by atoms with van der Waals surface area (Å²) in [5.74, 6) is 1.28. The molecule has 35 heavy (non-hydrogen) atoms. The van der Waals surface area contributed by atoms with E-state index in [0.29, 0.717) is 24.8 Å². The van der Waals surface area contributed by atoms with Crippen molar-refractivity contribution in [3.63, 3.8) is 0 Å². The number of rotatable bonds is 7. The van der Waals surface area contributed by atoms with Gasteiger partial charge in [-0.1, -0.05) is 47.6 Å². The summed E-state index contributed by atoms with van der Waals surface area (Å²) in [6, 6.07) is 18.5. The normalized spacial score (nSPS) is 19.9. The lowest BCUT2D eigenvalue weighted by Gasteiger charge is -2.31. The Morgan fingerprint density at radius 2 is 1.80 bits per heavy atom. The Hall–Kier alpha value is -3.19. The number of likely N-dealkylation sites (tertiary alicyclic amines) is 1. The summed E-state index contributed by atoms with van der Waals surface area (Å²) in [7, 11) is 0. The first-order valence-corrected chi connectivity index (χ1v) is 12.9. The molecule has 184 valence electrons. The maximum absolute atomic E-state index is 13.1. The van der Waals surface area contributed by atoms with E-state index in [9.17, 15) is 4.79 Å². The first-order valence-electron chi connectivity index (χ1n) is 12.9. The standard InChI is InChI=1S/C28H35N5O2/c1-21(22-12-14-25(15-13-22)33-17-6-3-7-18-33)29-28(34)24-11-8-16-32(19-24)20-26-30-27(31-35-26)23-9-4-2-5-10-23/h2,4-5,9-10,12-15,21,24H,3,6-8,11,16-20H2,1H3,(H,29,34). The SMILES string of the molecule is CC(NC(=O)C1CCCN(Cc2nc(-c3ccccc3)no2)C1)c1ccc(N2CCCCC2)cc1. The second kappa shape index (κ2) is 11.0. The highest BCUT2D eigenvalue weighted by molar-refractivity contribution is 5.79. The Bertz CT molecular complexity index is 1090. The van der Waals surface area contributed by atoms with Gasteiger partial charge >= 0.3 is 0 Å². The predicted molar refractivity (Wildman–Crippen MR) is 137 cm³/mol. The van der Waals surface area contributed by atoms with E-state index in [1.807, 2.05) is 30.3 Å². The van der Waals surface area contributed by atoms with Gasteiger partial charge < -0.3 is 14.7 Å². The average Bonchev–Trinajstić information content (AvgIpc) is 3.38. The summed E-state index contributed by atoms with van der Waals surface area (Å²) in [5, 5.41) is 7.36. The number of carbonyl (C=O) groups excluding carboxylic acids is 1. The molecule has 2 aromatic carbocycles. The molecular weight excluding hydrogens is 438 g/mol. The van der Waals surface area contributed by atoms with Gasteiger partial charge in [-0.2, -0.15) is 4.98 Å². The molecule has 0 aliphatic carbocycles. The maximum Gasteiger partial charge on any atom is 0.241 e. The fraction of sp³-hybridized carbons (Fsp3) is 0.464. The zero-order chi connectivity index (χ0) is 24.0. The predicted octanol–water partition coefficient (Wildman–Crippen LogP) is 4.82. The summed E-state index contributed by atoms with van der Waals surface area (Å²) in [6.45, 7) is 6.55. The monoisotopic (exact) mass is 473 g/mol. The Morgan fingerprint density at radius 3 is 2.57 bits per heavy atom. The Morgan fingerprint density at radius 1 is 1.03 bits per heavy atom. The molecule has 0 saturated carbocycles. The van der Waals surface area contributed by atoms with Gasteiger partial charge in [-0.25, -0.2) is 0 Å². The molecule has 2 saturated heterocycles. The van der Waals surface area contributed by atoms with Gasteiger partial charge in [0, 0.05) is 30.9 Å². The molecule has 1 aromatic heterocycles. The molecule has 1 N–H and O–H groups in total. The number of benzene rings is 2. The van der Waals surface area contributed by atoms with Crippen LogP contribution in [-0.4, -0.2) is 47.1 Å². The van der Waals surface area contributed by atoms with Crippen molar-refractivity contribution in [3.05, 3.63) is 66.1 Å². The summed E-state index contributed by atoms with van der Waals surface area (Å²) >= 11 is 0. The van der Waals surface area contributed by atoms with Crippen LogP contribution in [0.1, 0.15) is 56.5 Å². The third-order valence-electron chi connectivity index (χ3n) is 7.21. The van der Waals surface area contributed by atoms with E-state index in [1.54, 1.807) is 0 Å². The fourth-order valence-electron chi connectivity index (χ4n) is 5.17. The summed E-state index contributed by atoms with van der Waals surface area (Å²) in [5.41, 5.74) is 3.37. The van der Waals surface area contributed by atoms with Crippen molar-refractivity contribution in [2.75, 3.05) is 31.1 Å². The van der Waals surface area contributed by atoms with Crippen LogP contribution in [0, 0.1) is 5.92 Å². The molecule has 2 atom stereocenters. The molecule has 2 aliphatic rings. The van der Waals surface area contributed by atoms with Crippen LogP contribution in [0.5, 0.6) is 0 Å². The smallest absolute Gasteiger partial charge is 0.241 e. The molecular formula is C28H35N5O2. The lowest BCUT2D eigenvalue weighted by molar-refractivity contribution is -0.127. The van der Waals surface area contributed by atoms with E-state index in [0.717, 1.165) is 43.6 Å². The van der Waals surface area contributed by atoms with E-state index < -0.39 is 0 Å². The molecule has 1 amide bonds. The van der Waals surface area contributed by atoms with E-state index in [4.69, 9.17) is 4.52 Å². The molecule has 5 rings (SSSR count). The minimum atomic E-state index is -0.0321. The quantitative estimate of drug-likeness (QED) is 0.531. The van der Waals surface area contributed by atoms with Crippen LogP contribution >= 0.6 is 0 Å². The molecule has 0 bridgehead atoms. The molecule has 2 unspecified atom stereocenters. The number of amides is 1. The van der Waals surface area contributed by atoms with E-state index in [-0.39, 0.29) is 17.9 Å². The molecule has 7 heteroatoms. The number of nitrogens with one attached hydrogen (secondary N) is 1. The lowest BCUT2D eigenvalue weighted by Crippen LogP contribution is -2.43. The van der Waals surface area contributed by atoms with Gasteiger partial charge in [0.25, 0.3) is 0 Å². The van der Waals surface area contributed by atoms with Crippen LogP contribution in [0.3, 0.4) is 0 Å². The fourth-order valence-corrected chi connectivity index (χ4v) is 5.17. The number of nitrogens with zero attached hydrogens (tertiary/aromatic N) is 4. The number of anilines is 1. The minimum absolute atomic E-state index is 0.0161. The molecule has 3 heterocycles. The highest BCUT2D eigenvalue weighted by Crippen LogP contribution is 2.24. The highest BCUT2D eigenvalue weighted by Gasteiger charge is 2.28. The average molecular weight is 474 g/mol. The van der Waals surface area contributed by atoms with Gasteiger partial charge in [0.05, 0.1) is 18.5 Å². The third-order valence-corrected chi connectivity index (χ3v) is 7.21. The van der Waals surface area contributed by atoms with Gasteiger partial charge in [0.2, 0.25) is 17.6 Å². The maximum atomic E-state index is 13.1. The Kier molecular flexibility index (Phi) is 7.42. The molecule has 7 nitrogen and oxygen atoms in total. The summed E-state index contributed by atoms with van der Waals surface area (Å²) in [6.07, 6.45) is 5.76. The van der Waals surface area contributed by atoms with Crippen molar-refractivity contribution >= 4 is 11.6 Å².